The Kier molecular flexibility index (Phi) is 5.98. The molecule has 4 aromatic rings. The standard InChI is InChI=1S/C23H20F2N4O3/c1-14-10-18(31-13-17-11-15(2)32-28-17)7-6-16(14)12-29-9-8-21(27-29)26-23(30)22-19(24)4-3-5-20(22)25/h3-11H,12-13H2,1-2H3,(H,26,27,30). The monoisotopic (exact) mass is 438 g/mol. The molecule has 0 unspecified atom stereocenters. The van der Waals surface area contributed by atoms with Gasteiger partial charge in [-0.15, -0.1) is 0 Å². The molecule has 0 aliphatic heterocycles. The van der Waals surface area contributed by atoms with Gasteiger partial charge in [-0.2, -0.15) is 5.10 Å². The molecule has 0 saturated heterocycles. The maximum atomic E-state index is 13.8. The van der Waals surface area contributed by atoms with Gasteiger partial charge >= 0.3 is 0 Å². The maximum Gasteiger partial charge on any atom is 0.262 e. The Balaban J connectivity index is 1.39. The summed E-state index contributed by atoms with van der Waals surface area (Å²) in [4.78, 5) is 12.2. The molecule has 0 radical (unpaired) electrons. The number of halogens is 2. The summed E-state index contributed by atoms with van der Waals surface area (Å²) in [6.45, 7) is 4.52. The molecule has 0 aliphatic rings. The van der Waals surface area contributed by atoms with Gasteiger partial charge in [0.05, 0.1) is 6.54 Å². The summed E-state index contributed by atoms with van der Waals surface area (Å²) in [5.74, 6) is -1.14. The van der Waals surface area contributed by atoms with Crippen molar-refractivity contribution < 1.29 is 22.8 Å². The van der Waals surface area contributed by atoms with E-state index in [4.69, 9.17) is 9.26 Å². The first-order valence-corrected chi connectivity index (χ1v) is 9.82. The molecule has 9 heteroatoms. The summed E-state index contributed by atoms with van der Waals surface area (Å²) < 4.78 is 40.0. The van der Waals surface area contributed by atoms with Crippen molar-refractivity contribution in [2.45, 2.75) is 27.0 Å². The van der Waals surface area contributed by atoms with Crippen LogP contribution in [0, 0.1) is 25.5 Å². The zero-order valence-corrected chi connectivity index (χ0v) is 17.4. The lowest BCUT2D eigenvalue weighted by atomic mass is 10.1. The number of carbonyl (C=O) groups is 1. The minimum Gasteiger partial charge on any atom is -0.487 e. The molecular weight excluding hydrogens is 418 g/mol. The van der Waals surface area contributed by atoms with Crippen molar-refractivity contribution in [3.8, 4) is 5.75 Å². The number of hydrogen-bond acceptors (Lipinski definition) is 5. The van der Waals surface area contributed by atoms with Crippen molar-refractivity contribution in [1.82, 2.24) is 14.9 Å². The van der Waals surface area contributed by atoms with Crippen LogP contribution in [0.25, 0.3) is 0 Å². The van der Waals surface area contributed by atoms with E-state index in [1.165, 1.54) is 6.07 Å². The lowest BCUT2D eigenvalue weighted by Gasteiger charge is -2.10. The number of amides is 1. The zero-order valence-electron chi connectivity index (χ0n) is 17.4. The molecule has 2 aromatic carbocycles. The topological polar surface area (TPSA) is 82.2 Å². The number of aryl methyl sites for hydroxylation is 2. The summed E-state index contributed by atoms with van der Waals surface area (Å²) in [6, 6.07) is 12.3. The van der Waals surface area contributed by atoms with E-state index in [2.05, 4.69) is 15.6 Å². The SMILES string of the molecule is Cc1cc(COc2ccc(Cn3ccc(NC(=O)c4c(F)cccc4F)n3)c(C)c2)no1. The fourth-order valence-electron chi connectivity index (χ4n) is 3.16. The Hall–Kier alpha value is -4.01. The van der Waals surface area contributed by atoms with E-state index in [-0.39, 0.29) is 5.82 Å². The van der Waals surface area contributed by atoms with Crippen LogP contribution in [0.15, 0.2) is 59.3 Å². The molecule has 32 heavy (non-hydrogen) atoms. The molecule has 1 amide bonds. The van der Waals surface area contributed by atoms with E-state index in [1.807, 2.05) is 38.1 Å². The number of nitrogens with one attached hydrogen (secondary N) is 1. The van der Waals surface area contributed by atoms with Crippen LogP contribution in [0.3, 0.4) is 0 Å². The number of benzene rings is 2. The van der Waals surface area contributed by atoms with Crippen LogP contribution in [0.5, 0.6) is 5.75 Å². The van der Waals surface area contributed by atoms with Gasteiger partial charge in [0.2, 0.25) is 0 Å². The number of anilines is 1. The zero-order chi connectivity index (χ0) is 22.7. The second-order valence-corrected chi connectivity index (χ2v) is 7.26. The summed E-state index contributed by atoms with van der Waals surface area (Å²) in [6.07, 6.45) is 1.67. The second kappa shape index (κ2) is 9.01. The molecule has 0 saturated carbocycles. The summed E-state index contributed by atoms with van der Waals surface area (Å²) in [5, 5.41) is 10.6. The molecule has 0 spiro atoms. The maximum absolute atomic E-state index is 13.8. The van der Waals surface area contributed by atoms with Crippen LogP contribution < -0.4 is 10.1 Å². The quantitative estimate of drug-likeness (QED) is 0.454. The van der Waals surface area contributed by atoms with E-state index in [0.717, 1.165) is 29.0 Å². The number of nitrogens with zero attached hydrogens (tertiary/aromatic N) is 3. The van der Waals surface area contributed by atoms with E-state index in [1.54, 1.807) is 16.9 Å². The Morgan fingerprint density at radius 1 is 1.12 bits per heavy atom. The highest BCUT2D eigenvalue weighted by Crippen LogP contribution is 2.20. The van der Waals surface area contributed by atoms with Crippen LogP contribution in [0.4, 0.5) is 14.6 Å². The van der Waals surface area contributed by atoms with Crippen molar-refractivity contribution >= 4 is 11.7 Å². The van der Waals surface area contributed by atoms with Crippen molar-refractivity contribution in [2.24, 2.45) is 0 Å². The van der Waals surface area contributed by atoms with Crippen LogP contribution in [0.2, 0.25) is 0 Å². The number of rotatable bonds is 7. The van der Waals surface area contributed by atoms with Gasteiger partial charge < -0.3 is 14.6 Å². The number of hydrogen-bond donors (Lipinski definition) is 1. The first kappa shape index (κ1) is 21.2. The second-order valence-electron chi connectivity index (χ2n) is 7.26. The molecule has 2 aromatic heterocycles. The Labute approximate surface area is 182 Å². The minimum atomic E-state index is -0.932. The van der Waals surface area contributed by atoms with Crippen molar-refractivity contribution in [2.75, 3.05) is 5.32 Å². The largest absolute Gasteiger partial charge is 0.487 e. The summed E-state index contributed by atoms with van der Waals surface area (Å²) in [7, 11) is 0. The molecule has 2 heterocycles. The van der Waals surface area contributed by atoms with E-state index < -0.39 is 23.1 Å². The van der Waals surface area contributed by atoms with Crippen molar-refractivity contribution in [3.05, 3.63) is 94.5 Å². The number of aromatic nitrogens is 3. The van der Waals surface area contributed by atoms with Gasteiger partial charge in [-0.3, -0.25) is 9.48 Å². The highest BCUT2D eigenvalue weighted by atomic mass is 19.1. The first-order valence-electron chi connectivity index (χ1n) is 9.82. The first-order chi connectivity index (χ1) is 15.4. The van der Waals surface area contributed by atoms with Crippen LogP contribution >= 0.6 is 0 Å². The average molecular weight is 438 g/mol. The van der Waals surface area contributed by atoms with Gasteiger partial charge in [0, 0.05) is 18.3 Å². The Morgan fingerprint density at radius 3 is 2.59 bits per heavy atom. The predicted molar refractivity (Wildman–Crippen MR) is 112 cm³/mol. The fraction of sp³-hybridized carbons (Fsp3) is 0.174. The van der Waals surface area contributed by atoms with Gasteiger partial charge in [0.1, 0.15) is 41.0 Å². The molecular formula is C23H20F2N4O3. The summed E-state index contributed by atoms with van der Waals surface area (Å²) >= 11 is 0. The van der Waals surface area contributed by atoms with Gasteiger partial charge in [-0.25, -0.2) is 8.78 Å². The molecule has 4 rings (SSSR count). The van der Waals surface area contributed by atoms with Gasteiger partial charge in [-0.05, 0) is 49.2 Å². The lowest BCUT2D eigenvalue weighted by molar-refractivity contribution is 0.101. The summed E-state index contributed by atoms with van der Waals surface area (Å²) in [5.41, 5.74) is 2.06. The van der Waals surface area contributed by atoms with E-state index in [9.17, 15) is 13.6 Å². The highest BCUT2D eigenvalue weighted by Gasteiger charge is 2.18. The van der Waals surface area contributed by atoms with E-state index >= 15 is 0 Å². The molecule has 164 valence electrons. The molecule has 1 N–H and O–H groups in total. The van der Waals surface area contributed by atoms with E-state index in [0.29, 0.717) is 24.6 Å². The highest BCUT2D eigenvalue weighted by molar-refractivity contribution is 6.04. The molecule has 0 aliphatic carbocycles. The van der Waals surface area contributed by atoms with Crippen molar-refractivity contribution in [1.29, 1.82) is 0 Å². The predicted octanol–water partition coefficient (Wildman–Crippen LogP) is 4.65. The third kappa shape index (κ3) is 4.83. The number of carbonyl (C=O) groups excluding carboxylic acids is 1. The average Bonchev–Trinajstić information content (AvgIpc) is 3.36. The molecule has 0 bridgehead atoms. The normalized spacial score (nSPS) is 10.9. The van der Waals surface area contributed by atoms with Crippen LogP contribution in [0.1, 0.15) is 32.9 Å². The Morgan fingerprint density at radius 2 is 1.91 bits per heavy atom. The smallest absolute Gasteiger partial charge is 0.262 e. The fourth-order valence-corrected chi connectivity index (χ4v) is 3.16. The Bertz CT molecular complexity index is 1250. The van der Waals surface area contributed by atoms with Crippen LogP contribution in [-0.2, 0) is 13.2 Å². The molecule has 0 fully saturated rings. The van der Waals surface area contributed by atoms with Gasteiger partial charge in [0.25, 0.3) is 5.91 Å². The van der Waals surface area contributed by atoms with Crippen LogP contribution in [-0.4, -0.2) is 20.8 Å². The lowest BCUT2D eigenvalue weighted by Crippen LogP contribution is -2.16. The molecule has 0 atom stereocenters. The molecule has 7 nitrogen and oxygen atoms in total. The van der Waals surface area contributed by atoms with Gasteiger partial charge in [-0.1, -0.05) is 17.3 Å². The third-order valence-electron chi connectivity index (χ3n) is 4.78. The third-order valence-corrected chi connectivity index (χ3v) is 4.78. The minimum absolute atomic E-state index is 0.193. The number of ether oxygens (including phenoxy) is 1. The van der Waals surface area contributed by atoms with Gasteiger partial charge in [0.15, 0.2) is 5.82 Å². The van der Waals surface area contributed by atoms with Crippen molar-refractivity contribution in [3.63, 3.8) is 0 Å².